The van der Waals surface area contributed by atoms with E-state index in [0.717, 1.165) is 19.3 Å². The Labute approximate surface area is 98.2 Å². The van der Waals surface area contributed by atoms with Crippen molar-refractivity contribution in [2.24, 2.45) is 18.3 Å². The number of hydrogen-bond acceptors (Lipinski definition) is 3. The van der Waals surface area contributed by atoms with E-state index in [1.807, 2.05) is 17.9 Å². The smallest absolute Gasteiger partial charge is 0.0492 e. The fourth-order valence-electron chi connectivity index (χ4n) is 1.88. The summed E-state index contributed by atoms with van der Waals surface area (Å²) in [6, 6.07) is 2.40. The van der Waals surface area contributed by atoms with Crippen LogP contribution in [0.3, 0.4) is 0 Å². The highest BCUT2D eigenvalue weighted by Gasteiger charge is 2.26. The van der Waals surface area contributed by atoms with Crippen molar-refractivity contribution < 1.29 is 0 Å². The molecule has 4 heteroatoms. The molecule has 4 nitrogen and oxygen atoms in total. The zero-order valence-electron chi connectivity index (χ0n) is 10.8. The second kappa shape index (κ2) is 5.46. The van der Waals surface area contributed by atoms with Crippen molar-refractivity contribution in [3.63, 3.8) is 0 Å². The average molecular weight is 224 g/mol. The Morgan fingerprint density at radius 1 is 1.56 bits per heavy atom. The van der Waals surface area contributed by atoms with E-state index in [0.29, 0.717) is 6.04 Å². The Bertz CT molecular complexity index is 317. The van der Waals surface area contributed by atoms with Crippen LogP contribution in [0.1, 0.15) is 39.3 Å². The molecule has 1 rings (SSSR count). The maximum Gasteiger partial charge on any atom is 0.0492 e. The second-order valence-corrected chi connectivity index (χ2v) is 5.05. The van der Waals surface area contributed by atoms with Gasteiger partial charge in [-0.2, -0.15) is 5.10 Å². The molecule has 0 aliphatic carbocycles. The molecule has 1 atom stereocenters. The van der Waals surface area contributed by atoms with Gasteiger partial charge in [-0.05, 0) is 30.7 Å². The third-order valence-electron chi connectivity index (χ3n) is 3.67. The van der Waals surface area contributed by atoms with Crippen LogP contribution in [-0.4, -0.2) is 15.8 Å². The monoisotopic (exact) mass is 224 g/mol. The van der Waals surface area contributed by atoms with E-state index in [1.54, 1.807) is 0 Å². The molecule has 0 aliphatic rings. The molecule has 0 amide bonds. The minimum Gasteiger partial charge on any atom is -0.273 e. The molecule has 0 radical (unpaired) electrons. The van der Waals surface area contributed by atoms with Gasteiger partial charge in [-0.15, -0.1) is 0 Å². The van der Waals surface area contributed by atoms with Crippen molar-refractivity contribution in [3.8, 4) is 0 Å². The molecule has 1 aromatic rings. The highest BCUT2D eigenvalue weighted by atomic mass is 15.3. The minimum absolute atomic E-state index is 0.230. The highest BCUT2D eigenvalue weighted by Crippen LogP contribution is 2.27. The van der Waals surface area contributed by atoms with E-state index in [-0.39, 0.29) is 5.41 Å². The van der Waals surface area contributed by atoms with Gasteiger partial charge in [0.2, 0.25) is 0 Å². The van der Waals surface area contributed by atoms with Crippen molar-refractivity contribution >= 4 is 0 Å². The maximum absolute atomic E-state index is 5.64. The number of rotatable bonds is 6. The van der Waals surface area contributed by atoms with E-state index in [1.165, 1.54) is 5.69 Å². The van der Waals surface area contributed by atoms with Crippen molar-refractivity contribution in [2.45, 2.75) is 46.1 Å². The molecule has 0 bridgehead atoms. The SMILES string of the molecule is CCC(C)(C)C(CCc1ccnn1C)NN. The van der Waals surface area contributed by atoms with Gasteiger partial charge in [-0.1, -0.05) is 20.8 Å². The number of hydrogen-bond donors (Lipinski definition) is 2. The first kappa shape index (κ1) is 13.2. The first-order valence-electron chi connectivity index (χ1n) is 5.94. The molecular formula is C12H24N4. The number of hydrazine groups is 1. The first-order chi connectivity index (χ1) is 7.51. The fourth-order valence-corrected chi connectivity index (χ4v) is 1.88. The number of aryl methyl sites for hydroxylation is 2. The lowest BCUT2D eigenvalue weighted by Gasteiger charge is -2.33. The molecule has 0 spiro atoms. The van der Waals surface area contributed by atoms with Crippen molar-refractivity contribution in [3.05, 3.63) is 18.0 Å². The van der Waals surface area contributed by atoms with Gasteiger partial charge in [0.15, 0.2) is 0 Å². The number of nitrogens with two attached hydrogens (primary N) is 1. The first-order valence-corrected chi connectivity index (χ1v) is 5.94. The van der Waals surface area contributed by atoms with Gasteiger partial charge in [0.25, 0.3) is 0 Å². The van der Waals surface area contributed by atoms with Crippen molar-refractivity contribution in [2.75, 3.05) is 0 Å². The Balaban J connectivity index is 2.56. The Hall–Kier alpha value is -0.870. The fraction of sp³-hybridized carbons (Fsp3) is 0.750. The van der Waals surface area contributed by atoms with E-state index in [2.05, 4.69) is 37.4 Å². The summed E-state index contributed by atoms with van der Waals surface area (Å²) in [5.74, 6) is 5.64. The molecule has 16 heavy (non-hydrogen) atoms. The lowest BCUT2D eigenvalue weighted by atomic mass is 9.80. The van der Waals surface area contributed by atoms with Crippen LogP contribution < -0.4 is 11.3 Å². The summed E-state index contributed by atoms with van der Waals surface area (Å²) >= 11 is 0. The van der Waals surface area contributed by atoms with Gasteiger partial charge < -0.3 is 0 Å². The molecule has 0 saturated heterocycles. The summed E-state index contributed by atoms with van der Waals surface area (Å²) in [6.45, 7) is 6.70. The molecule has 0 aliphatic heterocycles. The number of nitrogens with one attached hydrogen (secondary N) is 1. The normalized spacial score (nSPS) is 14.1. The lowest BCUT2D eigenvalue weighted by Crippen LogP contribution is -2.45. The predicted molar refractivity (Wildman–Crippen MR) is 66.7 cm³/mol. The third kappa shape index (κ3) is 3.06. The number of aromatic nitrogens is 2. The lowest BCUT2D eigenvalue weighted by molar-refractivity contribution is 0.221. The van der Waals surface area contributed by atoms with E-state index in [4.69, 9.17) is 5.84 Å². The number of nitrogens with zero attached hydrogens (tertiary/aromatic N) is 2. The topological polar surface area (TPSA) is 55.9 Å². The van der Waals surface area contributed by atoms with Gasteiger partial charge in [0.05, 0.1) is 0 Å². The van der Waals surface area contributed by atoms with Gasteiger partial charge in [0, 0.05) is 25.0 Å². The summed E-state index contributed by atoms with van der Waals surface area (Å²) in [5.41, 5.74) is 4.43. The molecule has 1 aromatic heterocycles. The van der Waals surface area contributed by atoms with E-state index < -0.39 is 0 Å². The van der Waals surface area contributed by atoms with Crippen LogP contribution in [0.2, 0.25) is 0 Å². The summed E-state index contributed by atoms with van der Waals surface area (Å²) in [6.07, 6.45) is 5.00. The molecule has 0 aromatic carbocycles. The van der Waals surface area contributed by atoms with Crippen LogP contribution in [0.25, 0.3) is 0 Å². The quantitative estimate of drug-likeness (QED) is 0.570. The van der Waals surface area contributed by atoms with Crippen molar-refractivity contribution in [1.82, 2.24) is 15.2 Å². The maximum atomic E-state index is 5.64. The highest BCUT2D eigenvalue weighted by molar-refractivity contribution is 5.01. The Kier molecular flexibility index (Phi) is 4.50. The zero-order valence-corrected chi connectivity index (χ0v) is 10.8. The summed E-state index contributed by atoms with van der Waals surface area (Å²) in [7, 11) is 1.98. The standard InChI is InChI=1S/C12H24N4/c1-5-12(2,3)11(15-13)7-6-10-8-9-14-16(10)4/h8-9,11,15H,5-7,13H2,1-4H3. The zero-order chi connectivity index (χ0) is 12.2. The molecule has 0 saturated carbocycles. The Morgan fingerprint density at radius 3 is 2.69 bits per heavy atom. The second-order valence-electron chi connectivity index (χ2n) is 5.05. The van der Waals surface area contributed by atoms with Gasteiger partial charge in [-0.25, -0.2) is 0 Å². The Morgan fingerprint density at radius 2 is 2.25 bits per heavy atom. The molecule has 0 fully saturated rings. The summed E-state index contributed by atoms with van der Waals surface area (Å²) < 4.78 is 1.92. The summed E-state index contributed by atoms with van der Waals surface area (Å²) in [4.78, 5) is 0. The average Bonchev–Trinajstić information content (AvgIpc) is 2.65. The van der Waals surface area contributed by atoms with Gasteiger partial charge >= 0.3 is 0 Å². The largest absolute Gasteiger partial charge is 0.273 e. The molecule has 1 heterocycles. The van der Waals surface area contributed by atoms with Crippen LogP contribution in [0.5, 0.6) is 0 Å². The molecule has 1 unspecified atom stereocenters. The predicted octanol–water partition coefficient (Wildman–Crippen LogP) is 1.62. The van der Waals surface area contributed by atoms with Crippen molar-refractivity contribution in [1.29, 1.82) is 0 Å². The van der Waals surface area contributed by atoms with Crippen LogP contribution in [0, 0.1) is 5.41 Å². The molecular weight excluding hydrogens is 200 g/mol. The van der Waals surface area contributed by atoms with Crippen LogP contribution in [-0.2, 0) is 13.5 Å². The summed E-state index contributed by atoms with van der Waals surface area (Å²) in [5, 5.41) is 4.17. The molecule has 3 N–H and O–H groups in total. The third-order valence-corrected chi connectivity index (χ3v) is 3.67. The van der Waals surface area contributed by atoms with Gasteiger partial charge in [0.1, 0.15) is 0 Å². The molecule has 92 valence electrons. The minimum atomic E-state index is 0.230. The van der Waals surface area contributed by atoms with Crippen LogP contribution >= 0.6 is 0 Å². The van der Waals surface area contributed by atoms with Crippen LogP contribution in [0.4, 0.5) is 0 Å². The van der Waals surface area contributed by atoms with Gasteiger partial charge in [-0.3, -0.25) is 16.0 Å². The van der Waals surface area contributed by atoms with Crippen LogP contribution in [0.15, 0.2) is 12.3 Å². The van der Waals surface area contributed by atoms with E-state index in [9.17, 15) is 0 Å². The van der Waals surface area contributed by atoms with E-state index >= 15 is 0 Å².